The van der Waals surface area contributed by atoms with Crippen molar-refractivity contribution >= 4 is 17.6 Å². The molecule has 10 heteroatoms. The van der Waals surface area contributed by atoms with Crippen LogP contribution in [-0.2, 0) is 20.8 Å². The summed E-state index contributed by atoms with van der Waals surface area (Å²) >= 11 is 0. The molecule has 0 radical (unpaired) electrons. The molecule has 2 heterocycles. The van der Waals surface area contributed by atoms with Gasteiger partial charge in [-0.2, -0.15) is 0 Å². The molecule has 1 aromatic carbocycles. The number of rotatable bonds is 12. The summed E-state index contributed by atoms with van der Waals surface area (Å²) in [4.78, 5) is 47.3. The Hall–Kier alpha value is -2.37. The number of aliphatic hydroxyl groups is 2. The van der Waals surface area contributed by atoms with Gasteiger partial charge in [-0.1, -0.05) is 12.1 Å². The fourth-order valence-electron chi connectivity index (χ4n) is 4.93. The summed E-state index contributed by atoms with van der Waals surface area (Å²) < 4.78 is 0. The molecule has 0 aromatic heterocycles. The van der Waals surface area contributed by atoms with Gasteiger partial charge in [-0.15, -0.1) is 0 Å². The smallest absolute Gasteiger partial charge is 0.254 e. The number of benzene rings is 1. The van der Waals surface area contributed by atoms with E-state index in [1.54, 1.807) is 11.9 Å². The Kier molecular flexibility index (Phi) is 14.0. The molecular formula is C29H48N4O6. The summed E-state index contributed by atoms with van der Waals surface area (Å²) in [5.74, 6) is 0.109. The Labute approximate surface area is 233 Å². The second kappa shape index (κ2) is 16.7. The van der Waals surface area contributed by atoms with Crippen LogP contribution >= 0.6 is 0 Å². The summed E-state index contributed by atoms with van der Waals surface area (Å²) in [6.45, 7) is 11.7. The van der Waals surface area contributed by atoms with E-state index >= 15 is 0 Å². The van der Waals surface area contributed by atoms with Crippen molar-refractivity contribution in [3.63, 3.8) is 0 Å². The van der Waals surface area contributed by atoms with Gasteiger partial charge in [0.1, 0.15) is 5.78 Å². The average Bonchev–Trinajstić information content (AvgIpc) is 3.54. The fourth-order valence-corrected chi connectivity index (χ4v) is 4.93. The molecule has 2 atom stereocenters. The zero-order chi connectivity index (χ0) is 28.9. The number of β-amino-alcohol motifs (C(OH)–C–C–N with tert-alkyl or cyclic N) is 2. The Morgan fingerprint density at radius 1 is 0.974 bits per heavy atom. The van der Waals surface area contributed by atoms with E-state index in [1.807, 2.05) is 39.0 Å². The Balaban J connectivity index is 0.000000322. The molecule has 0 unspecified atom stereocenters. The van der Waals surface area contributed by atoms with Crippen LogP contribution in [0, 0.1) is 6.92 Å². The molecule has 220 valence electrons. The molecule has 2 N–H and O–H groups in total. The van der Waals surface area contributed by atoms with Gasteiger partial charge in [-0.25, -0.2) is 5.06 Å². The van der Waals surface area contributed by atoms with Gasteiger partial charge in [0.05, 0.1) is 19.3 Å². The van der Waals surface area contributed by atoms with Crippen LogP contribution in [0.1, 0.15) is 61.0 Å². The van der Waals surface area contributed by atoms with Crippen LogP contribution in [0.2, 0.25) is 0 Å². The van der Waals surface area contributed by atoms with E-state index in [9.17, 15) is 24.6 Å². The van der Waals surface area contributed by atoms with Crippen molar-refractivity contribution < 1.29 is 29.4 Å². The zero-order valence-electron chi connectivity index (χ0n) is 24.4. The summed E-state index contributed by atoms with van der Waals surface area (Å²) in [6, 6.07) is 5.66. The van der Waals surface area contributed by atoms with Crippen LogP contribution in [0.25, 0.3) is 0 Å². The highest BCUT2D eigenvalue weighted by Gasteiger charge is 2.23. The van der Waals surface area contributed by atoms with Crippen molar-refractivity contribution in [2.45, 2.75) is 65.1 Å². The van der Waals surface area contributed by atoms with Crippen molar-refractivity contribution in [2.24, 2.45) is 0 Å². The lowest BCUT2D eigenvalue weighted by molar-refractivity contribution is -0.168. The monoisotopic (exact) mass is 548 g/mol. The summed E-state index contributed by atoms with van der Waals surface area (Å²) in [7, 11) is 3.07. The van der Waals surface area contributed by atoms with E-state index in [1.165, 1.54) is 12.2 Å². The van der Waals surface area contributed by atoms with Crippen molar-refractivity contribution in [3.05, 3.63) is 34.9 Å². The van der Waals surface area contributed by atoms with Crippen LogP contribution in [0.5, 0.6) is 0 Å². The third kappa shape index (κ3) is 10.6. The number of amides is 2. The largest absolute Gasteiger partial charge is 0.392 e. The molecular weight excluding hydrogens is 500 g/mol. The van der Waals surface area contributed by atoms with E-state index in [2.05, 4.69) is 9.80 Å². The van der Waals surface area contributed by atoms with Crippen LogP contribution < -0.4 is 0 Å². The molecule has 10 nitrogen and oxygen atoms in total. The maximum absolute atomic E-state index is 12.7. The maximum atomic E-state index is 12.7. The predicted molar refractivity (Wildman–Crippen MR) is 150 cm³/mol. The van der Waals surface area contributed by atoms with Crippen LogP contribution in [-0.4, -0.2) is 126 Å². The minimum Gasteiger partial charge on any atom is -0.392 e. The summed E-state index contributed by atoms with van der Waals surface area (Å²) in [6.07, 6.45) is 2.32. The molecule has 0 bridgehead atoms. The Bertz CT molecular complexity index is 938. The summed E-state index contributed by atoms with van der Waals surface area (Å²) in [5.41, 5.74) is 2.49. The maximum Gasteiger partial charge on any atom is 0.254 e. The van der Waals surface area contributed by atoms with Gasteiger partial charge >= 0.3 is 0 Å². The van der Waals surface area contributed by atoms with Crippen molar-refractivity contribution in [1.29, 1.82) is 0 Å². The number of carbonyl (C=O) groups is 3. The molecule has 2 saturated heterocycles. The van der Waals surface area contributed by atoms with Crippen molar-refractivity contribution in [3.8, 4) is 0 Å². The molecule has 0 saturated carbocycles. The third-order valence-electron chi connectivity index (χ3n) is 7.53. The lowest BCUT2D eigenvalue weighted by Crippen LogP contribution is -2.31. The molecule has 2 amide bonds. The van der Waals surface area contributed by atoms with Gasteiger partial charge in [-0.05, 0) is 50.8 Å². The highest BCUT2D eigenvalue weighted by molar-refractivity contribution is 5.97. The number of hydrogen-bond acceptors (Lipinski definition) is 8. The van der Waals surface area contributed by atoms with Crippen LogP contribution in [0.15, 0.2) is 18.2 Å². The minimum absolute atomic E-state index is 0.000773. The van der Waals surface area contributed by atoms with E-state index < -0.39 is 0 Å². The van der Waals surface area contributed by atoms with Crippen molar-refractivity contribution in [2.75, 3.05) is 66.5 Å². The number of nitrogens with zero attached hydrogens (tertiary/aromatic N) is 4. The van der Waals surface area contributed by atoms with Crippen LogP contribution in [0.3, 0.4) is 0 Å². The van der Waals surface area contributed by atoms with E-state index in [0.717, 1.165) is 37.1 Å². The van der Waals surface area contributed by atoms with Crippen molar-refractivity contribution in [1.82, 2.24) is 19.8 Å². The summed E-state index contributed by atoms with van der Waals surface area (Å²) in [5, 5.41) is 20.1. The quantitative estimate of drug-likeness (QED) is 0.378. The fraction of sp³-hybridized carbons (Fsp3) is 0.690. The number of aliphatic hydroxyl groups excluding tert-OH is 2. The number of carbonyl (C=O) groups excluding carboxylic acids is 3. The zero-order valence-corrected chi connectivity index (χ0v) is 24.4. The van der Waals surface area contributed by atoms with Gasteiger partial charge in [-0.3, -0.25) is 19.2 Å². The first kappa shape index (κ1) is 32.8. The molecule has 2 fully saturated rings. The number of hydroxylamine groups is 2. The Morgan fingerprint density at radius 3 is 2.03 bits per heavy atom. The normalized spacial score (nSPS) is 19.5. The predicted octanol–water partition coefficient (Wildman–Crippen LogP) is 1.51. The lowest BCUT2D eigenvalue weighted by Gasteiger charge is -2.21. The Morgan fingerprint density at radius 2 is 1.54 bits per heavy atom. The van der Waals surface area contributed by atoms with E-state index in [0.29, 0.717) is 64.1 Å². The topological polar surface area (TPSA) is 114 Å². The van der Waals surface area contributed by atoms with E-state index in [-0.39, 0.29) is 29.8 Å². The first-order valence-corrected chi connectivity index (χ1v) is 14.1. The average molecular weight is 549 g/mol. The minimum atomic E-state index is -0.259. The standard InChI is InChI=1S/C20H30N2O3.C9H18N2O3/c1-4-22(5-2)20(25)18-8-6-7-15(3)19(18)13-16(23)9-11-21-12-10-17(24)14-21;1-10(14-2)9(13)4-6-11-5-3-8(12)7-11/h6-8,17,24H,4-5,9-14H2,1-3H3;8,12H,3-7H2,1-2H3/t17-;8-/m11/s1. The second-order valence-electron chi connectivity index (χ2n) is 10.4. The molecule has 2 aliphatic rings. The highest BCUT2D eigenvalue weighted by atomic mass is 16.7. The first-order valence-electron chi connectivity index (χ1n) is 14.1. The number of aryl methyl sites for hydroxylation is 1. The molecule has 1 aromatic rings. The number of Topliss-reactive ketones (excluding diaryl/α,β-unsaturated/α-hetero) is 1. The number of hydrogen-bond donors (Lipinski definition) is 2. The van der Waals surface area contributed by atoms with Gasteiger partial charge in [0.25, 0.3) is 5.91 Å². The van der Waals surface area contributed by atoms with Gasteiger partial charge in [0.2, 0.25) is 5.91 Å². The number of likely N-dealkylation sites (tertiary alicyclic amines) is 2. The van der Waals surface area contributed by atoms with Crippen LogP contribution in [0.4, 0.5) is 0 Å². The molecule has 2 aliphatic heterocycles. The molecule has 39 heavy (non-hydrogen) atoms. The SMILES string of the molecule is CCN(CC)C(=O)c1cccc(C)c1CC(=O)CCN1CC[C@@H](O)C1.CON(C)C(=O)CCN1CC[C@@H](O)C1. The molecule has 0 spiro atoms. The lowest BCUT2D eigenvalue weighted by atomic mass is 9.95. The van der Waals surface area contributed by atoms with Gasteiger partial charge < -0.3 is 24.9 Å². The van der Waals surface area contributed by atoms with Gasteiger partial charge in [0, 0.05) is 84.2 Å². The molecule has 3 rings (SSSR count). The van der Waals surface area contributed by atoms with Gasteiger partial charge in [0.15, 0.2) is 0 Å². The van der Waals surface area contributed by atoms with E-state index in [4.69, 9.17) is 4.84 Å². The third-order valence-corrected chi connectivity index (χ3v) is 7.53. The number of ketones is 1. The first-order chi connectivity index (χ1) is 18.6. The highest BCUT2D eigenvalue weighted by Crippen LogP contribution is 2.19. The second-order valence-corrected chi connectivity index (χ2v) is 10.4. The molecule has 0 aliphatic carbocycles.